The molecule has 0 spiro atoms. The van der Waals surface area contributed by atoms with Crippen LogP contribution in [0.1, 0.15) is 50.6 Å². The second kappa shape index (κ2) is 7.01. The van der Waals surface area contributed by atoms with Crippen molar-refractivity contribution in [3.8, 4) is 0 Å². The van der Waals surface area contributed by atoms with Crippen molar-refractivity contribution in [3.05, 3.63) is 103 Å². The van der Waals surface area contributed by atoms with Crippen LogP contribution in [0.5, 0.6) is 0 Å². The number of Topliss-reactive ketones (excluding diaryl/α,β-unsaturated/α-hetero) is 2. The molecule has 0 unspecified atom stereocenters. The Morgan fingerprint density at radius 3 is 2.25 bits per heavy atom. The van der Waals surface area contributed by atoms with Gasteiger partial charge in [-0.3, -0.25) is 0 Å². The second-order valence-corrected chi connectivity index (χ2v) is 11.2. The van der Waals surface area contributed by atoms with E-state index in [0.29, 0.717) is 11.1 Å². The van der Waals surface area contributed by atoms with Crippen molar-refractivity contribution in [1.29, 1.82) is 0 Å². The summed E-state index contributed by atoms with van der Waals surface area (Å²) < 4.78 is 0. The molecule has 2 aliphatic rings. The van der Waals surface area contributed by atoms with E-state index in [1.165, 1.54) is 11.1 Å². The van der Waals surface area contributed by atoms with E-state index in [1.807, 2.05) is 28.1 Å². The normalized spacial score (nSPS) is 16.1. The molecule has 3 nitrogen and oxygen atoms in total. The van der Waals surface area contributed by atoms with E-state index >= 15 is 0 Å². The Balaban J connectivity index is 1.54. The molecule has 0 radical (unpaired) electrons. The summed E-state index contributed by atoms with van der Waals surface area (Å²) in [6.45, 7) is 4.48. The number of hydrogen-bond donors (Lipinski definition) is 0. The van der Waals surface area contributed by atoms with Crippen molar-refractivity contribution in [3.63, 3.8) is 0 Å². The van der Waals surface area contributed by atoms with Gasteiger partial charge in [-0.25, -0.2) is 0 Å². The summed E-state index contributed by atoms with van der Waals surface area (Å²) in [6.07, 6.45) is 1.80. The van der Waals surface area contributed by atoms with E-state index in [1.54, 1.807) is 17.4 Å². The summed E-state index contributed by atoms with van der Waals surface area (Å²) in [4.78, 5) is 32.7. The molecule has 0 amide bonds. The van der Waals surface area contributed by atoms with Crippen LogP contribution in [0, 0.1) is 0 Å². The van der Waals surface area contributed by atoms with Gasteiger partial charge in [-0.15, -0.1) is 0 Å². The van der Waals surface area contributed by atoms with E-state index in [0.717, 1.165) is 21.3 Å². The number of hydrogen-bond acceptors (Lipinski definition) is 4. The van der Waals surface area contributed by atoms with Crippen molar-refractivity contribution >= 4 is 59.9 Å². The van der Waals surface area contributed by atoms with Gasteiger partial charge in [0.2, 0.25) is 0 Å². The maximum atomic E-state index is 12.8. The number of carbonyl (C=O) groups excluding carboxylic acids is 2. The topological polar surface area (TPSA) is 37.4 Å². The van der Waals surface area contributed by atoms with Gasteiger partial charge < -0.3 is 0 Å². The van der Waals surface area contributed by atoms with Crippen LogP contribution >= 0.6 is 11.3 Å². The van der Waals surface area contributed by atoms with Crippen LogP contribution in [0.15, 0.2) is 76.1 Å². The Labute approximate surface area is 196 Å². The van der Waals surface area contributed by atoms with Crippen LogP contribution in [0.4, 0.5) is 16.4 Å². The fraction of sp³-hybridized carbons (Fsp3) is 0.111. The number of anilines is 3. The minimum absolute atomic E-state index is 0.121. The summed E-state index contributed by atoms with van der Waals surface area (Å²) in [5.41, 5.74) is 6.01. The number of fused-ring (bicyclic) bond motifs is 3. The molecular formula is C27H19NO2SSe. The van der Waals surface area contributed by atoms with E-state index in [9.17, 15) is 9.59 Å². The van der Waals surface area contributed by atoms with Gasteiger partial charge in [-0.2, -0.15) is 0 Å². The van der Waals surface area contributed by atoms with Crippen LogP contribution in [0.2, 0.25) is 0 Å². The summed E-state index contributed by atoms with van der Waals surface area (Å²) in [5.74, 6) is -0.260. The number of ketones is 2. The van der Waals surface area contributed by atoms with Crippen molar-refractivity contribution in [2.75, 3.05) is 4.90 Å². The van der Waals surface area contributed by atoms with Crippen molar-refractivity contribution in [1.82, 2.24) is 0 Å². The van der Waals surface area contributed by atoms with E-state index in [4.69, 9.17) is 0 Å². The predicted molar refractivity (Wildman–Crippen MR) is 131 cm³/mol. The standard InChI is InChI=1S/C27H19NO2SSe/c1-27(2)21-10-6-7-11-23(21)28(16-8-4-3-5-9-16)26-22(27)13-17(31-26)12-18-24(29)19-14-32-15-20(19)25(18)30/h3-15H,1-2H3. The molecule has 0 fully saturated rings. The van der Waals surface area contributed by atoms with Gasteiger partial charge in [0.1, 0.15) is 0 Å². The molecule has 2 aromatic carbocycles. The van der Waals surface area contributed by atoms with Crippen LogP contribution in [-0.2, 0) is 5.41 Å². The average Bonchev–Trinajstić information content (AvgIpc) is 3.50. The predicted octanol–water partition coefficient (Wildman–Crippen LogP) is 6.38. The zero-order chi connectivity index (χ0) is 22.0. The fourth-order valence-electron chi connectivity index (χ4n) is 4.69. The number of nitrogens with zero attached hydrogens (tertiary/aromatic N) is 1. The molecule has 1 aliphatic heterocycles. The molecule has 0 atom stereocenters. The molecule has 0 saturated carbocycles. The molecule has 0 bridgehead atoms. The summed E-state index contributed by atoms with van der Waals surface area (Å²) in [6, 6.07) is 21.0. The Bertz CT molecular complexity index is 1410. The number of para-hydroxylation sites is 2. The molecule has 5 heteroatoms. The summed E-state index contributed by atoms with van der Waals surface area (Å²) >= 11 is 1.75. The Morgan fingerprint density at radius 1 is 0.875 bits per heavy atom. The average molecular weight is 500 g/mol. The summed E-state index contributed by atoms with van der Waals surface area (Å²) in [5, 5.41) is 1.13. The van der Waals surface area contributed by atoms with Crippen LogP contribution in [0.25, 0.3) is 6.08 Å². The number of benzene rings is 2. The van der Waals surface area contributed by atoms with Gasteiger partial charge in [-0.05, 0) is 0 Å². The summed E-state index contributed by atoms with van der Waals surface area (Å²) in [7, 11) is 0. The molecule has 3 heterocycles. The van der Waals surface area contributed by atoms with Crippen molar-refractivity contribution < 1.29 is 9.59 Å². The molecular weight excluding hydrogens is 481 g/mol. The Kier molecular flexibility index (Phi) is 4.31. The Hall–Kier alpha value is -2.98. The van der Waals surface area contributed by atoms with E-state index < -0.39 is 0 Å². The number of carbonyl (C=O) groups is 2. The molecule has 2 aromatic heterocycles. The monoisotopic (exact) mass is 501 g/mol. The molecule has 4 aromatic rings. The molecule has 1 aliphatic carbocycles. The first kappa shape index (κ1) is 19.7. The third-order valence-electron chi connectivity index (χ3n) is 6.37. The zero-order valence-electron chi connectivity index (χ0n) is 17.6. The van der Waals surface area contributed by atoms with Gasteiger partial charge in [0.05, 0.1) is 0 Å². The van der Waals surface area contributed by atoms with Gasteiger partial charge >= 0.3 is 191 Å². The zero-order valence-corrected chi connectivity index (χ0v) is 20.1. The SMILES string of the molecule is CC1(C)c2ccccc2N(c2ccccc2)c2sc(C=C3C(=O)c4c[se]cc4C3=O)cc21. The first-order chi connectivity index (χ1) is 15.5. The molecule has 0 saturated heterocycles. The van der Waals surface area contributed by atoms with Crippen molar-refractivity contribution in [2.24, 2.45) is 0 Å². The first-order valence-electron chi connectivity index (χ1n) is 10.4. The second-order valence-electron chi connectivity index (χ2n) is 8.60. The molecule has 6 rings (SSSR count). The van der Waals surface area contributed by atoms with Gasteiger partial charge in [-0.1, -0.05) is 6.07 Å². The van der Waals surface area contributed by atoms with Gasteiger partial charge in [0.15, 0.2) is 0 Å². The first-order valence-corrected chi connectivity index (χ1v) is 13.2. The van der Waals surface area contributed by atoms with E-state index in [-0.39, 0.29) is 37.1 Å². The third-order valence-corrected chi connectivity index (χ3v) is 9.00. The number of allylic oxidation sites excluding steroid dienone is 1. The van der Waals surface area contributed by atoms with Crippen LogP contribution in [0.3, 0.4) is 0 Å². The van der Waals surface area contributed by atoms with Crippen LogP contribution < -0.4 is 4.90 Å². The van der Waals surface area contributed by atoms with Gasteiger partial charge in [0, 0.05) is 0 Å². The number of rotatable bonds is 2. The third kappa shape index (κ3) is 2.72. The number of thiophene rings is 1. The maximum absolute atomic E-state index is 12.8. The van der Waals surface area contributed by atoms with Crippen molar-refractivity contribution in [2.45, 2.75) is 19.3 Å². The fourth-order valence-corrected chi connectivity index (χ4v) is 7.68. The molecule has 0 N–H and O–H groups in total. The quantitative estimate of drug-likeness (QED) is 0.182. The Morgan fingerprint density at radius 2 is 1.53 bits per heavy atom. The van der Waals surface area contributed by atoms with Crippen LogP contribution in [-0.4, -0.2) is 26.1 Å². The molecule has 32 heavy (non-hydrogen) atoms. The van der Waals surface area contributed by atoms with Gasteiger partial charge in [0.25, 0.3) is 0 Å². The van der Waals surface area contributed by atoms with E-state index in [2.05, 4.69) is 61.2 Å². The minimum atomic E-state index is -0.196. The molecule has 156 valence electrons.